The van der Waals surface area contributed by atoms with Crippen molar-refractivity contribution < 1.29 is 38.2 Å². The number of nitrogens with zero attached hydrogens (tertiary/aromatic N) is 1. The molecular weight excluding hydrogens is 506 g/mol. The summed E-state index contributed by atoms with van der Waals surface area (Å²) in [6.07, 6.45) is 0.0828. The highest BCUT2D eigenvalue weighted by molar-refractivity contribution is 5.97. The van der Waals surface area contributed by atoms with E-state index in [1.54, 1.807) is 59.0 Å². The smallest absolute Gasteiger partial charge is 0.409 e. The lowest BCUT2D eigenvalue weighted by molar-refractivity contribution is -0.158. The van der Waals surface area contributed by atoms with Gasteiger partial charge in [0, 0.05) is 25.7 Å². The maximum absolute atomic E-state index is 12.8. The van der Waals surface area contributed by atoms with Crippen molar-refractivity contribution in [3.05, 3.63) is 29.8 Å². The summed E-state index contributed by atoms with van der Waals surface area (Å²) < 4.78 is 15.2. The molecule has 0 aliphatic rings. The van der Waals surface area contributed by atoms with Crippen LogP contribution in [0.25, 0.3) is 0 Å². The lowest BCUT2D eigenvalue weighted by Gasteiger charge is -2.25. The van der Waals surface area contributed by atoms with Gasteiger partial charge in [-0.3, -0.25) is 19.2 Å². The molecule has 0 unspecified atom stereocenters. The fraction of sp³-hybridized carbons (Fsp3) is 0.607. The molecule has 0 aromatic heterocycles. The van der Waals surface area contributed by atoms with Gasteiger partial charge in [0.1, 0.15) is 18.2 Å². The minimum atomic E-state index is -0.840. The van der Waals surface area contributed by atoms with E-state index in [2.05, 4.69) is 15.4 Å². The van der Waals surface area contributed by atoms with E-state index in [1.165, 1.54) is 12.0 Å². The molecule has 0 radical (unpaired) electrons. The third-order valence-electron chi connectivity index (χ3n) is 5.70. The van der Waals surface area contributed by atoms with Crippen molar-refractivity contribution in [1.82, 2.24) is 10.2 Å². The normalized spacial score (nSPS) is 12.6. The van der Waals surface area contributed by atoms with Gasteiger partial charge in [-0.1, -0.05) is 26.0 Å². The minimum Gasteiger partial charge on any atom is -0.469 e. The van der Waals surface area contributed by atoms with Gasteiger partial charge in [0.25, 0.3) is 0 Å². The highest BCUT2D eigenvalue weighted by Crippen LogP contribution is 2.19. The van der Waals surface area contributed by atoms with Crippen LogP contribution in [0.4, 0.5) is 10.5 Å². The van der Waals surface area contributed by atoms with Crippen LogP contribution in [0.2, 0.25) is 0 Å². The Bertz CT molecular complexity index is 986. The summed E-state index contributed by atoms with van der Waals surface area (Å²) in [5.41, 5.74) is 0.570. The molecule has 1 aromatic carbocycles. The number of hydrogen-bond acceptors (Lipinski definition) is 8. The quantitative estimate of drug-likeness (QED) is 0.281. The third kappa shape index (κ3) is 13.1. The number of benzene rings is 1. The molecule has 0 spiro atoms. The Balaban J connectivity index is 2.56. The standard InChI is InChI=1S/C28H43N3O8/c1-18(2)22(16-24(33)39-28(4,5)6)26(35)29-19(3)25(34)30-21-13-11-20(12-14-21)17-38-27(36)31(7)15-9-10-23(32)37-8/h11-14,18-19,22H,9-10,15-17H2,1-8H3,(H,29,35)(H,30,34)/t19-,22-/m0/s1. The average Bonchev–Trinajstić information content (AvgIpc) is 2.84. The molecule has 2 atom stereocenters. The van der Waals surface area contributed by atoms with Crippen LogP contribution in [-0.4, -0.2) is 67.1 Å². The second-order valence-corrected chi connectivity index (χ2v) is 10.7. The van der Waals surface area contributed by atoms with Crippen molar-refractivity contribution in [1.29, 1.82) is 0 Å². The summed E-state index contributed by atoms with van der Waals surface area (Å²) in [4.78, 5) is 62.3. The van der Waals surface area contributed by atoms with Crippen molar-refractivity contribution >= 4 is 35.5 Å². The molecule has 11 nitrogen and oxygen atoms in total. The largest absolute Gasteiger partial charge is 0.469 e. The van der Waals surface area contributed by atoms with Crippen molar-refractivity contribution in [3.63, 3.8) is 0 Å². The monoisotopic (exact) mass is 549 g/mol. The number of hydrogen-bond donors (Lipinski definition) is 2. The van der Waals surface area contributed by atoms with Gasteiger partial charge in [-0.25, -0.2) is 4.79 Å². The summed E-state index contributed by atoms with van der Waals surface area (Å²) in [6, 6.07) is 5.90. The average molecular weight is 550 g/mol. The molecule has 0 bridgehead atoms. The first-order valence-corrected chi connectivity index (χ1v) is 13.0. The Hall–Kier alpha value is -3.63. The fourth-order valence-electron chi connectivity index (χ4n) is 3.42. The summed E-state index contributed by atoms with van der Waals surface area (Å²) in [5.74, 6) is -2.39. The zero-order valence-corrected chi connectivity index (χ0v) is 24.3. The van der Waals surface area contributed by atoms with Crippen molar-refractivity contribution in [2.24, 2.45) is 11.8 Å². The molecule has 1 aromatic rings. The van der Waals surface area contributed by atoms with Gasteiger partial charge in [0.2, 0.25) is 11.8 Å². The van der Waals surface area contributed by atoms with Crippen LogP contribution in [0, 0.1) is 11.8 Å². The topological polar surface area (TPSA) is 140 Å². The second kappa shape index (κ2) is 15.7. The molecule has 3 amide bonds. The molecule has 218 valence electrons. The van der Waals surface area contributed by atoms with E-state index in [1.807, 2.05) is 13.8 Å². The molecular formula is C28H43N3O8. The molecule has 2 N–H and O–H groups in total. The lowest BCUT2D eigenvalue weighted by atomic mass is 9.91. The third-order valence-corrected chi connectivity index (χ3v) is 5.70. The van der Waals surface area contributed by atoms with Gasteiger partial charge >= 0.3 is 18.0 Å². The molecule has 0 aliphatic carbocycles. The van der Waals surface area contributed by atoms with Crippen LogP contribution in [0.1, 0.15) is 66.4 Å². The van der Waals surface area contributed by atoms with E-state index in [4.69, 9.17) is 9.47 Å². The van der Waals surface area contributed by atoms with Gasteiger partial charge in [-0.05, 0) is 57.7 Å². The molecule has 1 rings (SSSR count). The number of esters is 2. The van der Waals surface area contributed by atoms with Gasteiger partial charge in [0.15, 0.2) is 0 Å². The van der Waals surface area contributed by atoms with Gasteiger partial charge in [-0.15, -0.1) is 0 Å². The van der Waals surface area contributed by atoms with Gasteiger partial charge in [0.05, 0.1) is 19.4 Å². The Labute approximate surface area is 230 Å². The maximum Gasteiger partial charge on any atom is 0.409 e. The summed E-state index contributed by atoms with van der Waals surface area (Å²) in [7, 11) is 2.90. The van der Waals surface area contributed by atoms with Crippen molar-refractivity contribution in [3.8, 4) is 0 Å². The number of methoxy groups -OCH3 is 1. The summed E-state index contributed by atoms with van der Waals surface area (Å²) in [6.45, 7) is 10.9. The van der Waals surface area contributed by atoms with Gasteiger partial charge in [-0.2, -0.15) is 0 Å². The molecule has 11 heteroatoms. The molecule has 39 heavy (non-hydrogen) atoms. The minimum absolute atomic E-state index is 0.0368. The van der Waals surface area contributed by atoms with Crippen LogP contribution in [-0.2, 0) is 40.0 Å². The van der Waals surface area contributed by atoms with E-state index < -0.39 is 41.4 Å². The molecule has 0 fully saturated rings. The van der Waals surface area contributed by atoms with E-state index in [0.717, 1.165) is 0 Å². The molecule has 0 saturated carbocycles. The van der Waals surface area contributed by atoms with E-state index in [0.29, 0.717) is 24.2 Å². The lowest BCUT2D eigenvalue weighted by Crippen LogP contribution is -2.45. The highest BCUT2D eigenvalue weighted by Gasteiger charge is 2.29. The number of rotatable bonds is 13. The number of amides is 3. The van der Waals surface area contributed by atoms with Gasteiger partial charge < -0.3 is 29.7 Å². The first-order chi connectivity index (χ1) is 18.1. The van der Waals surface area contributed by atoms with Crippen LogP contribution >= 0.6 is 0 Å². The zero-order chi connectivity index (χ0) is 29.8. The number of carbonyl (C=O) groups is 5. The van der Waals surface area contributed by atoms with Crippen molar-refractivity contribution in [2.75, 3.05) is 26.0 Å². The Morgan fingerprint density at radius 3 is 2.10 bits per heavy atom. The van der Waals surface area contributed by atoms with Crippen LogP contribution < -0.4 is 10.6 Å². The van der Waals surface area contributed by atoms with Crippen molar-refractivity contribution in [2.45, 2.75) is 79.1 Å². The number of anilines is 1. The van der Waals surface area contributed by atoms with E-state index >= 15 is 0 Å². The molecule has 0 saturated heterocycles. The molecule has 0 heterocycles. The highest BCUT2D eigenvalue weighted by atomic mass is 16.6. The second-order valence-electron chi connectivity index (χ2n) is 10.7. The molecule has 0 aliphatic heterocycles. The number of carbonyl (C=O) groups excluding carboxylic acids is 5. The van der Waals surface area contributed by atoms with Crippen LogP contribution in [0.3, 0.4) is 0 Å². The first kappa shape index (κ1) is 33.4. The maximum atomic E-state index is 12.8. The Morgan fingerprint density at radius 2 is 1.56 bits per heavy atom. The predicted molar refractivity (Wildman–Crippen MR) is 146 cm³/mol. The number of nitrogens with one attached hydrogen (secondary N) is 2. The fourth-order valence-corrected chi connectivity index (χ4v) is 3.42. The summed E-state index contributed by atoms with van der Waals surface area (Å²) >= 11 is 0. The van der Waals surface area contributed by atoms with Crippen LogP contribution in [0.15, 0.2) is 24.3 Å². The number of ether oxygens (including phenoxy) is 3. The predicted octanol–water partition coefficient (Wildman–Crippen LogP) is 3.66. The zero-order valence-electron chi connectivity index (χ0n) is 24.3. The Morgan fingerprint density at radius 1 is 0.949 bits per heavy atom. The van der Waals surface area contributed by atoms with Crippen LogP contribution in [0.5, 0.6) is 0 Å². The van der Waals surface area contributed by atoms with E-state index in [-0.39, 0.29) is 31.3 Å². The SMILES string of the molecule is COC(=O)CCCN(C)C(=O)OCc1ccc(NC(=O)[C@H](C)NC(=O)[C@@H](CC(=O)OC(C)(C)C)C(C)C)cc1. The Kier molecular flexibility index (Phi) is 13.4. The van der Waals surface area contributed by atoms with E-state index in [9.17, 15) is 24.0 Å². The summed E-state index contributed by atoms with van der Waals surface area (Å²) in [5, 5.41) is 5.42. The first-order valence-electron chi connectivity index (χ1n) is 13.0.